The van der Waals surface area contributed by atoms with Gasteiger partial charge < -0.3 is 25.6 Å². The molecule has 0 bridgehead atoms. The van der Waals surface area contributed by atoms with E-state index in [1.54, 1.807) is 6.07 Å². The van der Waals surface area contributed by atoms with E-state index in [2.05, 4.69) is 4.90 Å². The Balaban J connectivity index is 1.16. The maximum Gasteiger partial charge on any atom is 0.131 e. The van der Waals surface area contributed by atoms with E-state index in [1.807, 2.05) is 93.6 Å². The van der Waals surface area contributed by atoms with Crippen molar-refractivity contribution in [1.29, 1.82) is 0 Å². The van der Waals surface area contributed by atoms with E-state index in [4.69, 9.17) is 10.5 Å². The van der Waals surface area contributed by atoms with Crippen LogP contribution in [0.2, 0.25) is 0 Å². The van der Waals surface area contributed by atoms with Crippen molar-refractivity contribution in [3.05, 3.63) is 107 Å². The van der Waals surface area contributed by atoms with Crippen LogP contribution in [0.1, 0.15) is 35.1 Å². The van der Waals surface area contributed by atoms with Crippen molar-refractivity contribution in [3.8, 4) is 28.0 Å². The Kier molecular flexibility index (Phi) is 8.45. The van der Waals surface area contributed by atoms with Crippen molar-refractivity contribution in [2.45, 2.75) is 45.3 Å². The van der Waals surface area contributed by atoms with Crippen LogP contribution in [0.5, 0.6) is 5.75 Å². The molecule has 6 heteroatoms. The molecule has 0 radical (unpaired) electrons. The SMILES string of the molecule is Cc1cc(OCC(O)CN2CCC(O)(c3ccc(-c4ccc(-c5ccccc5)c(F)c4)cc3)CC2)c(C)c(C)c1N. The van der Waals surface area contributed by atoms with Crippen molar-refractivity contribution >= 4 is 5.69 Å². The lowest BCUT2D eigenvalue weighted by Gasteiger charge is -2.39. The molecule has 5 nitrogen and oxygen atoms in total. The van der Waals surface area contributed by atoms with Crippen LogP contribution in [0.4, 0.5) is 10.1 Å². The molecular weight excluding hydrogens is 515 g/mol. The topological polar surface area (TPSA) is 79.0 Å². The first kappa shape index (κ1) is 28.8. The molecule has 1 saturated heterocycles. The van der Waals surface area contributed by atoms with Crippen LogP contribution < -0.4 is 10.5 Å². The Morgan fingerprint density at radius 2 is 1.54 bits per heavy atom. The number of nitrogens with zero attached hydrogens (tertiary/aromatic N) is 1. The lowest BCUT2D eigenvalue weighted by atomic mass is 9.83. The fraction of sp³-hybridized carbons (Fsp3) is 0.314. The van der Waals surface area contributed by atoms with Gasteiger partial charge in [0, 0.05) is 30.9 Å². The minimum absolute atomic E-state index is 0.193. The molecule has 0 saturated carbocycles. The molecule has 1 aliphatic heterocycles. The number of nitrogens with two attached hydrogens (primary N) is 1. The van der Waals surface area contributed by atoms with Gasteiger partial charge in [-0.25, -0.2) is 4.39 Å². The number of likely N-dealkylation sites (tertiary alicyclic amines) is 1. The number of anilines is 1. The van der Waals surface area contributed by atoms with Gasteiger partial charge in [0.15, 0.2) is 0 Å². The normalized spacial score (nSPS) is 16.0. The highest BCUT2D eigenvalue weighted by Gasteiger charge is 2.34. The molecule has 5 rings (SSSR count). The number of hydrogen-bond acceptors (Lipinski definition) is 5. The highest BCUT2D eigenvalue weighted by atomic mass is 19.1. The second kappa shape index (κ2) is 12.0. The summed E-state index contributed by atoms with van der Waals surface area (Å²) in [6.45, 7) is 7.92. The molecule has 0 aliphatic carbocycles. The monoisotopic (exact) mass is 554 g/mol. The van der Waals surface area contributed by atoms with Gasteiger partial charge in [-0.05, 0) is 84.7 Å². The molecule has 214 valence electrons. The number of ether oxygens (including phenoxy) is 1. The van der Waals surface area contributed by atoms with Crippen LogP contribution in [-0.2, 0) is 5.60 Å². The molecule has 4 aromatic carbocycles. The molecule has 1 fully saturated rings. The Morgan fingerprint density at radius 3 is 2.20 bits per heavy atom. The zero-order chi connectivity index (χ0) is 29.1. The van der Waals surface area contributed by atoms with Crippen LogP contribution in [0.25, 0.3) is 22.3 Å². The highest BCUT2D eigenvalue weighted by molar-refractivity contribution is 5.71. The molecule has 0 aromatic heterocycles. The molecule has 1 heterocycles. The predicted octanol–water partition coefficient (Wildman–Crippen LogP) is 6.39. The molecule has 41 heavy (non-hydrogen) atoms. The Bertz CT molecular complexity index is 1500. The van der Waals surface area contributed by atoms with E-state index in [1.165, 1.54) is 0 Å². The first-order chi connectivity index (χ1) is 19.6. The van der Waals surface area contributed by atoms with E-state index in [-0.39, 0.29) is 12.4 Å². The van der Waals surface area contributed by atoms with Crippen LogP contribution in [0.3, 0.4) is 0 Å². The summed E-state index contributed by atoms with van der Waals surface area (Å²) >= 11 is 0. The first-order valence-corrected chi connectivity index (χ1v) is 14.2. The maximum absolute atomic E-state index is 14.9. The van der Waals surface area contributed by atoms with Crippen molar-refractivity contribution in [1.82, 2.24) is 4.90 Å². The number of piperidine rings is 1. The molecule has 4 N–H and O–H groups in total. The quantitative estimate of drug-likeness (QED) is 0.220. The van der Waals surface area contributed by atoms with E-state index in [9.17, 15) is 14.6 Å². The van der Waals surface area contributed by atoms with E-state index < -0.39 is 11.7 Å². The molecule has 0 amide bonds. The molecule has 1 atom stereocenters. The molecule has 1 aliphatic rings. The predicted molar refractivity (Wildman–Crippen MR) is 163 cm³/mol. The number of nitrogen functional groups attached to an aromatic ring is 1. The van der Waals surface area contributed by atoms with Gasteiger partial charge in [-0.1, -0.05) is 66.7 Å². The molecule has 0 spiro atoms. The summed E-state index contributed by atoms with van der Waals surface area (Å²) in [5.41, 5.74) is 12.9. The number of hydrogen-bond donors (Lipinski definition) is 3. The third kappa shape index (κ3) is 6.30. The van der Waals surface area contributed by atoms with Gasteiger partial charge in [0.1, 0.15) is 24.3 Å². The van der Waals surface area contributed by atoms with E-state index in [0.717, 1.165) is 50.4 Å². The van der Waals surface area contributed by atoms with Crippen molar-refractivity contribution in [2.75, 3.05) is 32.0 Å². The summed E-state index contributed by atoms with van der Waals surface area (Å²) in [7, 11) is 0. The Labute approximate surface area is 242 Å². The largest absolute Gasteiger partial charge is 0.491 e. The number of β-amino-alcohol motifs (C(OH)–C–C–N with tert-alkyl or cyclic N) is 1. The van der Waals surface area contributed by atoms with Crippen LogP contribution in [0, 0.1) is 26.6 Å². The zero-order valence-electron chi connectivity index (χ0n) is 24.0. The number of aliphatic hydroxyl groups excluding tert-OH is 1. The summed E-state index contributed by atoms with van der Waals surface area (Å²) in [5.74, 6) is 0.491. The lowest BCUT2D eigenvalue weighted by Crippen LogP contribution is -2.46. The second-order valence-corrected chi connectivity index (χ2v) is 11.3. The summed E-state index contributed by atoms with van der Waals surface area (Å²) < 4.78 is 20.8. The average molecular weight is 555 g/mol. The smallest absolute Gasteiger partial charge is 0.131 e. The molecular formula is C35H39FN2O3. The minimum atomic E-state index is -0.935. The fourth-order valence-electron chi connectivity index (χ4n) is 5.67. The van der Waals surface area contributed by atoms with Crippen LogP contribution in [-0.4, -0.2) is 47.5 Å². The Hall–Kier alpha value is -3.71. The highest BCUT2D eigenvalue weighted by Crippen LogP contribution is 2.35. The van der Waals surface area contributed by atoms with Gasteiger partial charge in [-0.15, -0.1) is 0 Å². The summed E-state index contributed by atoms with van der Waals surface area (Å²) in [6, 6.07) is 24.5. The summed E-state index contributed by atoms with van der Waals surface area (Å²) in [4.78, 5) is 2.17. The van der Waals surface area contributed by atoms with Gasteiger partial charge in [-0.2, -0.15) is 0 Å². The van der Waals surface area contributed by atoms with Gasteiger partial charge in [0.2, 0.25) is 0 Å². The van der Waals surface area contributed by atoms with Crippen molar-refractivity contribution in [3.63, 3.8) is 0 Å². The van der Waals surface area contributed by atoms with E-state index in [0.29, 0.717) is 38.0 Å². The number of benzene rings is 4. The van der Waals surface area contributed by atoms with Crippen molar-refractivity contribution in [2.24, 2.45) is 0 Å². The molecule has 4 aromatic rings. The maximum atomic E-state index is 14.9. The van der Waals surface area contributed by atoms with Gasteiger partial charge in [0.25, 0.3) is 0 Å². The number of aryl methyl sites for hydroxylation is 1. The van der Waals surface area contributed by atoms with E-state index >= 15 is 0 Å². The first-order valence-electron chi connectivity index (χ1n) is 14.2. The van der Waals surface area contributed by atoms with Gasteiger partial charge in [-0.3, -0.25) is 0 Å². The minimum Gasteiger partial charge on any atom is -0.491 e. The third-order valence-electron chi connectivity index (χ3n) is 8.50. The number of aliphatic hydroxyl groups is 2. The third-order valence-corrected chi connectivity index (χ3v) is 8.50. The Morgan fingerprint density at radius 1 is 0.878 bits per heavy atom. The molecule has 1 unspecified atom stereocenters. The average Bonchev–Trinajstić information content (AvgIpc) is 2.99. The second-order valence-electron chi connectivity index (χ2n) is 11.3. The van der Waals surface area contributed by atoms with Crippen LogP contribution >= 0.6 is 0 Å². The number of halogens is 1. The van der Waals surface area contributed by atoms with Crippen molar-refractivity contribution < 1.29 is 19.3 Å². The summed E-state index contributed by atoms with van der Waals surface area (Å²) in [5, 5.41) is 22.1. The van der Waals surface area contributed by atoms with Gasteiger partial charge in [0.05, 0.1) is 5.60 Å². The van der Waals surface area contributed by atoms with Crippen LogP contribution in [0.15, 0.2) is 78.9 Å². The zero-order valence-corrected chi connectivity index (χ0v) is 24.0. The standard InChI is InChI=1S/C35H39FN2O3/c1-23-19-33(24(2)25(3)34(23)37)41-22-30(39)21-38-17-15-35(40,16-18-38)29-12-9-26(10-13-29)28-11-14-31(32(36)20-28)27-7-5-4-6-8-27/h4-14,19-20,30,39-40H,15-18,21-22,37H2,1-3H3. The number of rotatable bonds is 8. The fourth-order valence-corrected chi connectivity index (χ4v) is 5.67. The lowest BCUT2D eigenvalue weighted by molar-refractivity contribution is -0.0372. The summed E-state index contributed by atoms with van der Waals surface area (Å²) in [6.07, 6.45) is 0.484. The van der Waals surface area contributed by atoms with Gasteiger partial charge >= 0.3 is 0 Å².